The molecule has 0 saturated heterocycles. The van der Waals surface area contributed by atoms with Gasteiger partial charge in [0.25, 0.3) is 0 Å². The maximum Gasteiger partial charge on any atom is 0.407 e. The summed E-state index contributed by atoms with van der Waals surface area (Å²) in [6.45, 7) is 3.68. The Morgan fingerprint density at radius 1 is 0.971 bits per heavy atom. The van der Waals surface area contributed by atoms with Gasteiger partial charge in [0.1, 0.15) is 6.61 Å². The van der Waals surface area contributed by atoms with Crippen molar-refractivity contribution in [2.75, 3.05) is 11.9 Å². The number of benzene rings is 3. The normalized spacial score (nSPS) is 12.9. The molecule has 3 N–H and O–H groups in total. The van der Waals surface area contributed by atoms with E-state index in [0.29, 0.717) is 5.69 Å². The minimum atomic E-state index is -1.07. The molecule has 174 valence electrons. The Kier molecular flexibility index (Phi) is 6.63. The first kappa shape index (κ1) is 23.0. The average Bonchev–Trinajstić information content (AvgIpc) is 3.12. The zero-order valence-corrected chi connectivity index (χ0v) is 19.0. The smallest absolute Gasteiger partial charge is 0.407 e. The minimum Gasteiger partial charge on any atom is -0.478 e. The number of carbonyl (C=O) groups excluding carboxylic acids is 2. The molecule has 1 aliphatic rings. The molecule has 1 aliphatic carbocycles. The van der Waals surface area contributed by atoms with Gasteiger partial charge in [0.2, 0.25) is 5.91 Å². The lowest BCUT2D eigenvalue weighted by atomic mass is 9.98. The van der Waals surface area contributed by atoms with Crippen molar-refractivity contribution in [1.29, 1.82) is 0 Å². The number of alkyl carbamates (subject to hydrolysis) is 1. The fraction of sp³-hybridized carbons (Fsp3) is 0.222. The summed E-state index contributed by atoms with van der Waals surface area (Å²) in [6.07, 6.45) is -0.577. The highest BCUT2D eigenvalue weighted by molar-refractivity contribution is 5.95. The lowest BCUT2D eigenvalue weighted by Crippen LogP contribution is -2.36. The van der Waals surface area contributed by atoms with E-state index in [9.17, 15) is 14.4 Å². The van der Waals surface area contributed by atoms with Crippen molar-refractivity contribution in [3.63, 3.8) is 0 Å². The lowest BCUT2D eigenvalue weighted by molar-refractivity contribution is -0.116. The number of anilines is 1. The largest absolute Gasteiger partial charge is 0.478 e. The Labute approximate surface area is 197 Å². The van der Waals surface area contributed by atoms with Crippen LogP contribution in [0.4, 0.5) is 10.5 Å². The molecule has 0 unspecified atom stereocenters. The molecule has 7 nitrogen and oxygen atoms in total. The number of amides is 2. The summed E-state index contributed by atoms with van der Waals surface area (Å²) >= 11 is 0. The molecule has 0 aromatic heterocycles. The molecule has 0 radical (unpaired) electrons. The highest BCUT2D eigenvalue weighted by atomic mass is 16.5. The van der Waals surface area contributed by atoms with Gasteiger partial charge in [-0.3, -0.25) is 4.79 Å². The second kappa shape index (κ2) is 9.79. The van der Waals surface area contributed by atoms with E-state index in [4.69, 9.17) is 9.84 Å². The minimum absolute atomic E-state index is 0.0148. The highest BCUT2D eigenvalue weighted by Gasteiger charge is 2.29. The molecule has 0 bridgehead atoms. The van der Waals surface area contributed by atoms with Crippen molar-refractivity contribution in [2.45, 2.75) is 32.2 Å². The van der Waals surface area contributed by atoms with E-state index in [2.05, 4.69) is 34.9 Å². The molecule has 0 heterocycles. The second-order valence-corrected chi connectivity index (χ2v) is 8.46. The summed E-state index contributed by atoms with van der Waals surface area (Å²) in [5.74, 6) is -1.45. The van der Waals surface area contributed by atoms with Gasteiger partial charge in [-0.25, -0.2) is 9.59 Å². The molecular formula is C27H26N2O5. The number of aryl methyl sites for hydroxylation is 1. The number of rotatable bonds is 7. The van der Waals surface area contributed by atoms with Crippen LogP contribution in [0.2, 0.25) is 0 Å². The van der Waals surface area contributed by atoms with Crippen molar-refractivity contribution in [3.8, 4) is 11.1 Å². The molecular weight excluding hydrogens is 432 g/mol. The zero-order valence-electron chi connectivity index (χ0n) is 19.0. The van der Waals surface area contributed by atoms with Crippen LogP contribution in [0, 0.1) is 6.92 Å². The molecule has 7 heteroatoms. The van der Waals surface area contributed by atoms with Gasteiger partial charge in [0.05, 0.1) is 5.56 Å². The molecule has 4 rings (SSSR count). The van der Waals surface area contributed by atoms with Crippen LogP contribution in [-0.4, -0.2) is 35.7 Å². The van der Waals surface area contributed by atoms with E-state index >= 15 is 0 Å². The number of hydrogen-bond acceptors (Lipinski definition) is 4. The maximum atomic E-state index is 12.4. The average molecular weight is 459 g/mol. The molecule has 1 atom stereocenters. The number of nitrogens with one attached hydrogen (secondary N) is 2. The van der Waals surface area contributed by atoms with Crippen molar-refractivity contribution >= 4 is 23.7 Å². The number of aromatic carboxylic acids is 1. The van der Waals surface area contributed by atoms with E-state index in [0.717, 1.165) is 27.8 Å². The first-order chi connectivity index (χ1) is 16.3. The van der Waals surface area contributed by atoms with Crippen molar-refractivity contribution in [2.24, 2.45) is 0 Å². The third-order valence-corrected chi connectivity index (χ3v) is 5.96. The van der Waals surface area contributed by atoms with Gasteiger partial charge < -0.3 is 20.5 Å². The number of ether oxygens (including phenoxy) is 1. The van der Waals surface area contributed by atoms with E-state index < -0.39 is 18.1 Å². The van der Waals surface area contributed by atoms with Gasteiger partial charge in [0, 0.05) is 24.1 Å². The Morgan fingerprint density at radius 3 is 2.21 bits per heavy atom. The van der Waals surface area contributed by atoms with Crippen molar-refractivity contribution in [3.05, 3.63) is 89.0 Å². The van der Waals surface area contributed by atoms with Crippen LogP contribution >= 0.6 is 0 Å². The number of hydrogen-bond donors (Lipinski definition) is 3. The molecule has 34 heavy (non-hydrogen) atoms. The van der Waals surface area contributed by atoms with E-state index in [1.165, 1.54) is 12.1 Å². The van der Waals surface area contributed by atoms with Gasteiger partial charge in [-0.15, -0.1) is 0 Å². The standard InChI is InChI=1S/C27H26N2O5/c1-16-11-12-18(26(31)32)14-24(16)29-25(30)13-17(2)28-27(33)34-15-23-21-9-5-3-7-19(21)20-8-4-6-10-22(20)23/h3-12,14,17,23H,13,15H2,1-2H3,(H,28,33)(H,29,30)(H,31,32)/t17-/m1/s1. The van der Waals surface area contributed by atoms with E-state index in [1.54, 1.807) is 19.9 Å². The van der Waals surface area contributed by atoms with Crippen LogP contribution in [0.25, 0.3) is 11.1 Å². The number of fused-ring (bicyclic) bond motifs is 3. The lowest BCUT2D eigenvalue weighted by Gasteiger charge is -2.17. The fourth-order valence-electron chi connectivity index (χ4n) is 4.26. The summed E-state index contributed by atoms with van der Waals surface area (Å²) in [6, 6.07) is 20.3. The Morgan fingerprint density at radius 2 is 1.59 bits per heavy atom. The summed E-state index contributed by atoms with van der Waals surface area (Å²) in [7, 11) is 0. The first-order valence-corrected chi connectivity index (χ1v) is 11.1. The number of carbonyl (C=O) groups is 3. The van der Waals surface area contributed by atoms with E-state index in [1.807, 2.05) is 24.3 Å². The molecule has 0 fully saturated rings. The Balaban J connectivity index is 1.31. The van der Waals surface area contributed by atoms with Crippen LogP contribution in [-0.2, 0) is 9.53 Å². The maximum absolute atomic E-state index is 12.4. The predicted octanol–water partition coefficient (Wildman–Crippen LogP) is 4.95. The SMILES string of the molecule is Cc1ccc(C(=O)O)cc1NC(=O)C[C@@H](C)NC(=O)OCC1c2ccccc2-c2ccccc21. The molecule has 3 aromatic carbocycles. The molecule has 2 amide bonds. The van der Waals surface area contributed by atoms with Crippen LogP contribution in [0.15, 0.2) is 66.7 Å². The monoisotopic (exact) mass is 458 g/mol. The van der Waals surface area contributed by atoms with Crippen molar-refractivity contribution in [1.82, 2.24) is 5.32 Å². The summed E-state index contributed by atoms with van der Waals surface area (Å²) in [5, 5.41) is 14.6. The third kappa shape index (κ3) is 4.93. The summed E-state index contributed by atoms with van der Waals surface area (Å²) in [4.78, 5) is 36.0. The molecule has 0 saturated carbocycles. The van der Waals surface area contributed by atoms with Crippen LogP contribution in [0.1, 0.15) is 46.3 Å². The Bertz CT molecular complexity index is 1210. The van der Waals surface area contributed by atoms with Crippen LogP contribution < -0.4 is 10.6 Å². The zero-order chi connectivity index (χ0) is 24.2. The predicted molar refractivity (Wildman–Crippen MR) is 129 cm³/mol. The second-order valence-electron chi connectivity index (χ2n) is 8.46. The summed E-state index contributed by atoms with van der Waals surface area (Å²) in [5.41, 5.74) is 5.82. The quantitative estimate of drug-likeness (QED) is 0.465. The molecule has 0 aliphatic heterocycles. The van der Waals surface area contributed by atoms with Crippen molar-refractivity contribution < 1.29 is 24.2 Å². The topological polar surface area (TPSA) is 105 Å². The summed E-state index contributed by atoms with van der Waals surface area (Å²) < 4.78 is 5.52. The van der Waals surface area contributed by atoms with Crippen LogP contribution in [0.5, 0.6) is 0 Å². The Hall–Kier alpha value is -4.13. The fourth-order valence-corrected chi connectivity index (χ4v) is 4.26. The van der Waals surface area contributed by atoms with Gasteiger partial charge in [0.15, 0.2) is 0 Å². The van der Waals surface area contributed by atoms with E-state index in [-0.39, 0.29) is 30.4 Å². The highest BCUT2D eigenvalue weighted by Crippen LogP contribution is 2.44. The number of carboxylic acids is 1. The van der Waals surface area contributed by atoms with Gasteiger partial charge in [-0.05, 0) is 53.8 Å². The van der Waals surface area contributed by atoms with Gasteiger partial charge in [-0.2, -0.15) is 0 Å². The third-order valence-electron chi connectivity index (χ3n) is 5.96. The van der Waals surface area contributed by atoms with Gasteiger partial charge in [-0.1, -0.05) is 54.6 Å². The first-order valence-electron chi connectivity index (χ1n) is 11.1. The van der Waals surface area contributed by atoms with Crippen LogP contribution in [0.3, 0.4) is 0 Å². The number of carboxylic acid groups (broad SMARTS) is 1. The molecule has 0 spiro atoms. The molecule has 3 aromatic rings. The van der Waals surface area contributed by atoms with Gasteiger partial charge >= 0.3 is 12.1 Å².